The lowest BCUT2D eigenvalue weighted by Gasteiger charge is -2.30. The smallest absolute Gasteiger partial charge is 0.251 e. The van der Waals surface area contributed by atoms with Crippen LogP contribution in [0.25, 0.3) is 0 Å². The molecule has 0 aliphatic heterocycles. The molecule has 1 aliphatic carbocycles. The van der Waals surface area contributed by atoms with Gasteiger partial charge in [0, 0.05) is 31.3 Å². The lowest BCUT2D eigenvalue weighted by Crippen LogP contribution is -2.38. The highest BCUT2D eigenvalue weighted by Crippen LogP contribution is 2.27. The van der Waals surface area contributed by atoms with Crippen molar-refractivity contribution in [3.63, 3.8) is 0 Å². The summed E-state index contributed by atoms with van der Waals surface area (Å²) in [6.07, 6.45) is 5.68. The summed E-state index contributed by atoms with van der Waals surface area (Å²) in [6, 6.07) is 11.8. The molecule has 0 radical (unpaired) electrons. The topological polar surface area (TPSA) is 84.9 Å². The normalized spacial score (nSPS) is 14.9. The number of carbonyl (C=O) groups is 1. The first kappa shape index (κ1) is 24.1. The number of ether oxygens (including phenoxy) is 2. The number of hydrogen-bond acceptors (Lipinski definition) is 5. The third kappa shape index (κ3) is 5.61. The van der Waals surface area contributed by atoms with E-state index in [1.165, 1.54) is 22.9 Å². The Kier molecular flexibility index (Phi) is 8.15. The molecule has 1 saturated carbocycles. The zero-order valence-corrected chi connectivity index (χ0v) is 19.8. The Labute approximate surface area is 190 Å². The molecule has 3 rings (SSSR count). The van der Waals surface area contributed by atoms with Crippen molar-refractivity contribution in [2.45, 2.75) is 49.5 Å². The highest BCUT2D eigenvalue weighted by atomic mass is 32.2. The number of nitrogens with one attached hydrogen (secondary N) is 1. The highest BCUT2D eigenvalue weighted by Gasteiger charge is 2.29. The van der Waals surface area contributed by atoms with E-state index < -0.39 is 10.0 Å². The van der Waals surface area contributed by atoms with E-state index in [1.807, 2.05) is 12.1 Å². The van der Waals surface area contributed by atoms with Crippen molar-refractivity contribution in [1.82, 2.24) is 9.62 Å². The van der Waals surface area contributed by atoms with Crippen LogP contribution >= 0.6 is 0 Å². The summed E-state index contributed by atoms with van der Waals surface area (Å²) in [7, 11) is 1.27. The first-order chi connectivity index (χ1) is 15.4. The maximum Gasteiger partial charge on any atom is 0.251 e. The lowest BCUT2D eigenvalue weighted by atomic mass is 9.96. The van der Waals surface area contributed by atoms with Crippen LogP contribution in [0.4, 0.5) is 0 Å². The van der Waals surface area contributed by atoms with Gasteiger partial charge < -0.3 is 14.8 Å². The molecule has 32 heavy (non-hydrogen) atoms. The van der Waals surface area contributed by atoms with Crippen molar-refractivity contribution in [3.8, 4) is 11.5 Å². The summed E-state index contributed by atoms with van der Waals surface area (Å²) < 4.78 is 38.0. The minimum absolute atomic E-state index is 0.0478. The third-order valence-electron chi connectivity index (χ3n) is 6.06. The predicted molar refractivity (Wildman–Crippen MR) is 124 cm³/mol. The number of hydrogen-bond donors (Lipinski definition) is 1. The molecule has 8 heteroatoms. The summed E-state index contributed by atoms with van der Waals surface area (Å²) >= 11 is 0. The van der Waals surface area contributed by atoms with Crippen molar-refractivity contribution >= 4 is 15.9 Å². The molecular weight excluding hydrogens is 428 g/mol. The van der Waals surface area contributed by atoms with E-state index in [1.54, 1.807) is 39.5 Å². The minimum atomic E-state index is -3.57. The number of benzene rings is 2. The Balaban J connectivity index is 1.59. The van der Waals surface area contributed by atoms with E-state index in [9.17, 15) is 13.2 Å². The van der Waals surface area contributed by atoms with Crippen LogP contribution in [-0.4, -0.2) is 52.5 Å². The van der Waals surface area contributed by atoms with Crippen molar-refractivity contribution in [2.75, 3.05) is 27.8 Å². The zero-order valence-electron chi connectivity index (χ0n) is 19.0. The SMILES string of the molecule is COc1ccc(CCNC(=O)c2ccc(S(=O)(=O)N(C)C3CCCCC3)cc2)c(OC)c1. The van der Waals surface area contributed by atoms with Crippen molar-refractivity contribution in [3.05, 3.63) is 53.6 Å². The molecule has 1 amide bonds. The summed E-state index contributed by atoms with van der Waals surface area (Å²) in [6.45, 7) is 0.423. The van der Waals surface area contributed by atoms with Crippen LogP contribution < -0.4 is 14.8 Å². The Hall–Kier alpha value is -2.58. The molecule has 174 valence electrons. The number of carbonyl (C=O) groups excluding carboxylic acids is 1. The molecule has 2 aromatic carbocycles. The third-order valence-corrected chi connectivity index (χ3v) is 7.98. The Morgan fingerprint density at radius 3 is 2.34 bits per heavy atom. The van der Waals surface area contributed by atoms with E-state index in [-0.39, 0.29) is 16.8 Å². The molecule has 1 N–H and O–H groups in total. The van der Waals surface area contributed by atoms with E-state index in [0.29, 0.717) is 30.0 Å². The molecule has 0 spiro atoms. The van der Waals surface area contributed by atoms with Gasteiger partial charge in [0.25, 0.3) is 5.91 Å². The Morgan fingerprint density at radius 2 is 1.72 bits per heavy atom. The zero-order chi connectivity index (χ0) is 23.1. The van der Waals surface area contributed by atoms with E-state index in [4.69, 9.17) is 9.47 Å². The van der Waals surface area contributed by atoms with Crippen molar-refractivity contribution in [1.29, 1.82) is 0 Å². The second-order valence-corrected chi connectivity index (χ2v) is 10.0. The second-order valence-electron chi connectivity index (χ2n) is 8.02. The largest absolute Gasteiger partial charge is 0.497 e. The monoisotopic (exact) mass is 460 g/mol. The van der Waals surface area contributed by atoms with Crippen molar-refractivity contribution in [2.24, 2.45) is 0 Å². The molecule has 0 unspecified atom stereocenters. The van der Waals surface area contributed by atoms with Gasteiger partial charge in [-0.15, -0.1) is 0 Å². The predicted octanol–water partition coefficient (Wildman–Crippen LogP) is 3.63. The fraction of sp³-hybridized carbons (Fsp3) is 0.458. The number of sulfonamides is 1. The summed E-state index contributed by atoms with van der Waals surface area (Å²) in [5, 5.41) is 2.87. The van der Waals surface area contributed by atoms with E-state index in [2.05, 4.69) is 5.32 Å². The summed E-state index contributed by atoms with van der Waals surface area (Å²) in [4.78, 5) is 12.7. The average Bonchev–Trinajstić information content (AvgIpc) is 2.84. The van der Waals surface area contributed by atoms with Gasteiger partial charge in [0.05, 0.1) is 19.1 Å². The molecule has 0 aromatic heterocycles. The van der Waals surface area contributed by atoms with Gasteiger partial charge in [-0.05, 0) is 55.2 Å². The molecule has 7 nitrogen and oxygen atoms in total. The van der Waals surface area contributed by atoms with E-state index in [0.717, 1.165) is 31.2 Å². The minimum Gasteiger partial charge on any atom is -0.497 e. The van der Waals surface area contributed by atoms with Gasteiger partial charge in [-0.3, -0.25) is 4.79 Å². The van der Waals surface area contributed by atoms with Crippen LogP contribution in [0.15, 0.2) is 47.4 Å². The van der Waals surface area contributed by atoms with E-state index >= 15 is 0 Å². The molecule has 0 bridgehead atoms. The number of methoxy groups -OCH3 is 2. The molecule has 1 fully saturated rings. The maximum atomic E-state index is 13.0. The van der Waals surface area contributed by atoms with Crippen LogP contribution in [0.5, 0.6) is 11.5 Å². The van der Waals surface area contributed by atoms with Gasteiger partial charge in [0.1, 0.15) is 11.5 Å². The van der Waals surface area contributed by atoms with Crippen LogP contribution in [0, 0.1) is 0 Å². The highest BCUT2D eigenvalue weighted by molar-refractivity contribution is 7.89. The second kappa shape index (κ2) is 10.8. The number of amides is 1. The fourth-order valence-electron chi connectivity index (χ4n) is 4.06. The summed E-state index contributed by atoms with van der Waals surface area (Å²) in [5.41, 5.74) is 1.38. The van der Waals surface area contributed by atoms with Gasteiger partial charge in [-0.1, -0.05) is 25.3 Å². The molecule has 0 atom stereocenters. The summed E-state index contributed by atoms with van der Waals surface area (Å²) in [5.74, 6) is 1.16. The Morgan fingerprint density at radius 1 is 1.03 bits per heavy atom. The van der Waals surface area contributed by atoms with Crippen molar-refractivity contribution < 1.29 is 22.7 Å². The first-order valence-corrected chi connectivity index (χ1v) is 12.4. The lowest BCUT2D eigenvalue weighted by molar-refractivity contribution is 0.0954. The standard InChI is InChI=1S/C24H32N2O5S/c1-26(20-7-5-4-6-8-20)32(28,29)22-13-10-19(11-14-22)24(27)25-16-15-18-9-12-21(30-2)17-23(18)31-3/h9-14,17,20H,4-8,15-16H2,1-3H3,(H,25,27). The average molecular weight is 461 g/mol. The van der Waals surface area contributed by atoms with Crippen LogP contribution in [0.1, 0.15) is 48.0 Å². The molecule has 0 saturated heterocycles. The number of nitrogens with zero attached hydrogens (tertiary/aromatic N) is 1. The quantitative estimate of drug-likeness (QED) is 0.618. The molecule has 0 heterocycles. The fourth-order valence-corrected chi connectivity index (χ4v) is 5.47. The van der Waals surface area contributed by atoms with Gasteiger partial charge in [-0.25, -0.2) is 8.42 Å². The van der Waals surface area contributed by atoms with Gasteiger partial charge in [0.2, 0.25) is 10.0 Å². The molecule has 1 aliphatic rings. The first-order valence-electron chi connectivity index (χ1n) is 10.9. The number of rotatable bonds is 9. The molecular formula is C24H32N2O5S. The van der Waals surface area contributed by atoms with Crippen LogP contribution in [0.2, 0.25) is 0 Å². The Bertz CT molecular complexity index is 1020. The van der Waals surface area contributed by atoms with Crippen LogP contribution in [-0.2, 0) is 16.4 Å². The van der Waals surface area contributed by atoms with Crippen LogP contribution in [0.3, 0.4) is 0 Å². The maximum absolute atomic E-state index is 13.0. The van der Waals surface area contributed by atoms with Gasteiger partial charge in [0.15, 0.2) is 0 Å². The van der Waals surface area contributed by atoms with Gasteiger partial charge >= 0.3 is 0 Å². The molecule has 2 aromatic rings. The van der Waals surface area contributed by atoms with Gasteiger partial charge in [-0.2, -0.15) is 4.31 Å².